The van der Waals surface area contributed by atoms with E-state index in [1.165, 1.54) is 37.2 Å². The third-order valence-electron chi connectivity index (χ3n) is 3.97. The summed E-state index contributed by atoms with van der Waals surface area (Å²) in [5.41, 5.74) is 0. The molecule has 0 unspecified atom stereocenters. The van der Waals surface area contributed by atoms with E-state index in [0.29, 0.717) is 6.04 Å². The third-order valence-corrected chi connectivity index (χ3v) is 5.30. The summed E-state index contributed by atoms with van der Waals surface area (Å²) in [6, 6.07) is 5.34. The molecule has 1 aliphatic heterocycles. The summed E-state index contributed by atoms with van der Waals surface area (Å²) >= 11 is 2.02. The molecule has 0 radical (unpaired) electrons. The highest BCUT2D eigenvalue weighted by atomic mass is 32.1. The van der Waals surface area contributed by atoms with E-state index in [1.807, 2.05) is 11.3 Å². The second-order valence-corrected chi connectivity index (χ2v) is 7.13. The zero-order valence-corrected chi connectivity index (χ0v) is 13.4. The molecule has 1 aliphatic rings. The van der Waals surface area contributed by atoms with Crippen LogP contribution >= 0.6 is 11.3 Å². The second-order valence-electron chi connectivity index (χ2n) is 5.93. The summed E-state index contributed by atoms with van der Waals surface area (Å²) in [4.78, 5) is 5.79. The van der Waals surface area contributed by atoms with E-state index >= 15 is 0 Å². The Morgan fingerprint density at radius 1 is 1.21 bits per heavy atom. The maximum Gasteiger partial charge on any atom is 0.0442 e. The van der Waals surface area contributed by atoms with E-state index in [1.54, 1.807) is 4.88 Å². The first kappa shape index (κ1) is 15.0. The van der Waals surface area contributed by atoms with E-state index in [-0.39, 0.29) is 0 Å². The monoisotopic (exact) mass is 280 g/mol. The van der Waals surface area contributed by atoms with Crippen LogP contribution in [0.3, 0.4) is 0 Å². The Balaban J connectivity index is 2.07. The van der Waals surface area contributed by atoms with Crippen molar-refractivity contribution < 1.29 is 0 Å². The first-order valence-corrected chi connectivity index (χ1v) is 8.55. The standard InChI is InChI=1S/C16H28N2S/c1-4-14-6-8-16(19-14)15(7-5-13(2)3)18-11-9-17-10-12-18/h6,8,13,15,17H,4-5,7,9-12H2,1-3H3/t15-/m1/s1. The highest BCUT2D eigenvalue weighted by Crippen LogP contribution is 2.32. The minimum atomic E-state index is 0.648. The fraction of sp³-hybridized carbons (Fsp3) is 0.750. The number of nitrogens with one attached hydrogen (secondary N) is 1. The molecule has 2 heterocycles. The zero-order valence-electron chi connectivity index (χ0n) is 12.6. The molecule has 1 saturated heterocycles. The molecule has 1 atom stereocenters. The molecular weight excluding hydrogens is 252 g/mol. The SMILES string of the molecule is CCc1ccc([C@@H](CCC(C)C)N2CCNCC2)s1. The highest BCUT2D eigenvalue weighted by molar-refractivity contribution is 7.12. The Morgan fingerprint density at radius 3 is 2.53 bits per heavy atom. The molecule has 1 aromatic rings. The number of nitrogens with zero attached hydrogens (tertiary/aromatic N) is 1. The molecule has 108 valence electrons. The third kappa shape index (κ3) is 4.30. The van der Waals surface area contributed by atoms with Crippen LogP contribution in [-0.2, 0) is 6.42 Å². The molecule has 19 heavy (non-hydrogen) atoms. The van der Waals surface area contributed by atoms with Gasteiger partial charge in [0.15, 0.2) is 0 Å². The zero-order chi connectivity index (χ0) is 13.7. The van der Waals surface area contributed by atoms with Gasteiger partial charge in [0.05, 0.1) is 0 Å². The molecule has 1 N–H and O–H groups in total. The van der Waals surface area contributed by atoms with Crippen LogP contribution in [0.2, 0.25) is 0 Å². The molecule has 3 heteroatoms. The van der Waals surface area contributed by atoms with Crippen LogP contribution in [0.25, 0.3) is 0 Å². The summed E-state index contributed by atoms with van der Waals surface area (Å²) in [7, 11) is 0. The van der Waals surface area contributed by atoms with Gasteiger partial charge in [0.1, 0.15) is 0 Å². The van der Waals surface area contributed by atoms with Gasteiger partial charge in [0.25, 0.3) is 0 Å². The van der Waals surface area contributed by atoms with Gasteiger partial charge < -0.3 is 5.32 Å². The van der Waals surface area contributed by atoms with Crippen LogP contribution < -0.4 is 5.32 Å². The van der Waals surface area contributed by atoms with Crippen molar-refractivity contribution in [2.45, 2.75) is 46.1 Å². The van der Waals surface area contributed by atoms with Gasteiger partial charge in [-0.2, -0.15) is 0 Å². The first-order chi connectivity index (χ1) is 9.20. The maximum atomic E-state index is 3.46. The molecule has 2 nitrogen and oxygen atoms in total. The molecule has 0 spiro atoms. The Labute approximate surface area is 122 Å². The number of hydrogen-bond acceptors (Lipinski definition) is 3. The maximum absolute atomic E-state index is 3.46. The Hall–Kier alpha value is -0.380. The van der Waals surface area contributed by atoms with E-state index in [2.05, 4.69) is 43.1 Å². The normalized spacial score (nSPS) is 18.9. The summed E-state index contributed by atoms with van der Waals surface area (Å²) in [5, 5.41) is 3.46. The molecule has 0 amide bonds. The summed E-state index contributed by atoms with van der Waals surface area (Å²) in [5.74, 6) is 0.802. The van der Waals surface area contributed by atoms with Crippen molar-refractivity contribution >= 4 is 11.3 Å². The van der Waals surface area contributed by atoms with Crippen molar-refractivity contribution in [1.29, 1.82) is 0 Å². The van der Waals surface area contributed by atoms with Gasteiger partial charge in [0, 0.05) is 42.0 Å². The summed E-state index contributed by atoms with van der Waals surface area (Å²) < 4.78 is 0. The fourth-order valence-corrected chi connectivity index (χ4v) is 3.88. The van der Waals surface area contributed by atoms with Crippen molar-refractivity contribution in [3.63, 3.8) is 0 Å². The first-order valence-electron chi connectivity index (χ1n) is 7.74. The van der Waals surface area contributed by atoms with E-state index in [0.717, 1.165) is 19.0 Å². The predicted octanol–water partition coefficient (Wildman–Crippen LogP) is 3.69. The lowest BCUT2D eigenvalue weighted by molar-refractivity contribution is 0.162. The molecule has 0 aromatic carbocycles. The number of aryl methyl sites for hydroxylation is 1. The highest BCUT2D eigenvalue weighted by Gasteiger charge is 2.23. The fourth-order valence-electron chi connectivity index (χ4n) is 2.75. The number of hydrogen-bond donors (Lipinski definition) is 1. The van der Waals surface area contributed by atoms with Gasteiger partial charge in [-0.15, -0.1) is 11.3 Å². The van der Waals surface area contributed by atoms with Crippen molar-refractivity contribution in [3.8, 4) is 0 Å². The van der Waals surface area contributed by atoms with Crippen LogP contribution in [0.4, 0.5) is 0 Å². The van der Waals surface area contributed by atoms with Gasteiger partial charge in [-0.3, -0.25) is 4.90 Å². The van der Waals surface area contributed by atoms with Gasteiger partial charge in [-0.1, -0.05) is 20.8 Å². The molecule has 0 bridgehead atoms. The van der Waals surface area contributed by atoms with Crippen LogP contribution in [0.15, 0.2) is 12.1 Å². The molecule has 1 aromatic heterocycles. The second kappa shape index (κ2) is 7.41. The lowest BCUT2D eigenvalue weighted by Crippen LogP contribution is -2.45. The van der Waals surface area contributed by atoms with Crippen molar-refractivity contribution in [3.05, 3.63) is 21.9 Å². The van der Waals surface area contributed by atoms with Gasteiger partial charge in [0.2, 0.25) is 0 Å². The van der Waals surface area contributed by atoms with Crippen molar-refractivity contribution in [1.82, 2.24) is 10.2 Å². The minimum absolute atomic E-state index is 0.648. The average molecular weight is 280 g/mol. The quantitative estimate of drug-likeness (QED) is 0.855. The number of piperazine rings is 1. The number of thiophene rings is 1. The Bertz CT molecular complexity index is 367. The van der Waals surface area contributed by atoms with E-state index < -0.39 is 0 Å². The van der Waals surface area contributed by atoms with Crippen molar-refractivity contribution in [2.24, 2.45) is 5.92 Å². The van der Waals surface area contributed by atoms with Crippen LogP contribution in [0, 0.1) is 5.92 Å². The van der Waals surface area contributed by atoms with Gasteiger partial charge >= 0.3 is 0 Å². The Morgan fingerprint density at radius 2 is 1.95 bits per heavy atom. The van der Waals surface area contributed by atoms with Crippen molar-refractivity contribution in [2.75, 3.05) is 26.2 Å². The van der Waals surface area contributed by atoms with Gasteiger partial charge in [-0.25, -0.2) is 0 Å². The minimum Gasteiger partial charge on any atom is -0.314 e. The molecule has 0 saturated carbocycles. The summed E-state index contributed by atoms with van der Waals surface area (Å²) in [6.45, 7) is 11.6. The van der Waals surface area contributed by atoms with Crippen LogP contribution in [-0.4, -0.2) is 31.1 Å². The molecule has 1 fully saturated rings. The molecular formula is C16H28N2S. The average Bonchev–Trinajstić information content (AvgIpc) is 2.89. The smallest absolute Gasteiger partial charge is 0.0442 e. The van der Waals surface area contributed by atoms with Crippen LogP contribution in [0.1, 0.15) is 49.4 Å². The largest absolute Gasteiger partial charge is 0.314 e. The number of rotatable bonds is 6. The van der Waals surface area contributed by atoms with E-state index in [9.17, 15) is 0 Å². The molecule has 2 rings (SSSR count). The predicted molar refractivity (Wildman–Crippen MR) is 85.0 cm³/mol. The topological polar surface area (TPSA) is 15.3 Å². The summed E-state index contributed by atoms with van der Waals surface area (Å²) in [6.07, 6.45) is 3.80. The lowest BCUT2D eigenvalue weighted by atomic mass is 10.0. The Kier molecular flexibility index (Phi) is 5.86. The van der Waals surface area contributed by atoms with E-state index in [4.69, 9.17) is 0 Å². The molecule has 0 aliphatic carbocycles. The lowest BCUT2D eigenvalue weighted by Gasteiger charge is -2.35. The van der Waals surface area contributed by atoms with Crippen LogP contribution in [0.5, 0.6) is 0 Å². The van der Waals surface area contributed by atoms with Gasteiger partial charge in [-0.05, 0) is 37.3 Å².